The van der Waals surface area contributed by atoms with Gasteiger partial charge in [0.2, 0.25) is 0 Å². The van der Waals surface area contributed by atoms with E-state index >= 15 is 0 Å². The van der Waals surface area contributed by atoms with Crippen molar-refractivity contribution in [3.05, 3.63) is 83.9 Å². The second-order valence-corrected chi connectivity index (χ2v) is 5.28. The number of methoxy groups -OCH3 is 1. The number of hydrogen-bond donors (Lipinski definition) is 1. The van der Waals surface area contributed by atoms with Crippen LogP contribution in [-0.4, -0.2) is 34.8 Å². The van der Waals surface area contributed by atoms with Gasteiger partial charge in [-0.25, -0.2) is 10.2 Å². The van der Waals surface area contributed by atoms with Gasteiger partial charge in [-0.15, -0.1) is 0 Å². The number of hydrogen-bond acceptors (Lipinski definition) is 5. The van der Waals surface area contributed by atoms with E-state index in [2.05, 4.69) is 15.5 Å². The Balaban J connectivity index is 1.72. The summed E-state index contributed by atoms with van der Waals surface area (Å²) in [4.78, 5) is 27.3. The highest BCUT2D eigenvalue weighted by molar-refractivity contribution is 5.94. The number of esters is 1. The minimum absolute atomic E-state index is 0.338. The zero-order chi connectivity index (χ0) is 18.4. The van der Waals surface area contributed by atoms with Crippen molar-refractivity contribution in [1.82, 2.24) is 15.0 Å². The molecule has 3 aromatic rings. The predicted molar refractivity (Wildman–Crippen MR) is 96.4 cm³/mol. The molecule has 0 aliphatic heterocycles. The summed E-state index contributed by atoms with van der Waals surface area (Å²) in [6.45, 7) is 0. The van der Waals surface area contributed by atoms with Crippen molar-refractivity contribution in [2.75, 3.05) is 7.11 Å². The van der Waals surface area contributed by atoms with Crippen LogP contribution >= 0.6 is 0 Å². The highest BCUT2D eigenvalue weighted by Crippen LogP contribution is 2.13. The summed E-state index contributed by atoms with van der Waals surface area (Å²) >= 11 is 0. The van der Waals surface area contributed by atoms with Crippen molar-refractivity contribution in [2.24, 2.45) is 5.10 Å². The van der Waals surface area contributed by atoms with Crippen LogP contribution in [0.4, 0.5) is 0 Å². The molecular formula is C19H16N4O3. The number of carbonyl (C=O) groups excluding carboxylic acids is 2. The Hall–Kier alpha value is -3.74. The smallest absolute Gasteiger partial charge is 0.337 e. The zero-order valence-electron chi connectivity index (χ0n) is 14.0. The molecule has 0 radical (unpaired) electrons. The van der Waals surface area contributed by atoms with Gasteiger partial charge in [-0.1, -0.05) is 0 Å². The van der Waals surface area contributed by atoms with Gasteiger partial charge in [0.1, 0.15) is 0 Å². The topological polar surface area (TPSA) is 85.6 Å². The Kier molecular flexibility index (Phi) is 5.19. The van der Waals surface area contributed by atoms with Crippen LogP contribution in [0, 0.1) is 0 Å². The molecule has 0 spiro atoms. The zero-order valence-corrected chi connectivity index (χ0v) is 14.0. The summed E-state index contributed by atoms with van der Waals surface area (Å²) in [6.07, 6.45) is 6.47. The predicted octanol–water partition coefficient (Wildman–Crippen LogP) is 2.42. The van der Waals surface area contributed by atoms with E-state index in [1.54, 1.807) is 48.8 Å². The normalized spacial score (nSPS) is 10.7. The lowest BCUT2D eigenvalue weighted by Gasteiger charge is -2.07. The second-order valence-electron chi connectivity index (χ2n) is 5.28. The lowest BCUT2D eigenvalue weighted by atomic mass is 10.2. The summed E-state index contributed by atoms with van der Waals surface area (Å²) in [5.41, 5.74) is 4.98. The van der Waals surface area contributed by atoms with E-state index in [-0.39, 0.29) is 11.9 Å². The number of rotatable bonds is 5. The van der Waals surface area contributed by atoms with Crippen LogP contribution in [0.3, 0.4) is 0 Å². The van der Waals surface area contributed by atoms with E-state index in [1.165, 1.54) is 13.3 Å². The van der Waals surface area contributed by atoms with E-state index in [0.29, 0.717) is 11.1 Å². The molecule has 0 saturated carbocycles. The van der Waals surface area contributed by atoms with E-state index in [4.69, 9.17) is 4.74 Å². The number of benzene rings is 1. The highest BCUT2D eigenvalue weighted by Gasteiger charge is 2.07. The number of pyridine rings is 1. The molecule has 26 heavy (non-hydrogen) atoms. The number of ether oxygens (including phenoxy) is 1. The van der Waals surface area contributed by atoms with Gasteiger partial charge < -0.3 is 9.30 Å². The summed E-state index contributed by atoms with van der Waals surface area (Å²) in [5, 5.41) is 3.99. The molecule has 1 aromatic carbocycles. The van der Waals surface area contributed by atoms with Crippen LogP contribution in [0.25, 0.3) is 5.69 Å². The molecule has 3 rings (SSSR count). The van der Waals surface area contributed by atoms with E-state index in [9.17, 15) is 9.59 Å². The third kappa shape index (κ3) is 3.84. The van der Waals surface area contributed by atoms with Crippen molar-refractivity contribution >= 4 is 18.1 Å². The van der Waals surface area contributed by atoms with Gasteiger partial charge in [0, 0.05) is 24.3 Å². The molecule has 1 amide bonds. The molecule has 0 aliphatic carbocycles. The molecule has 0 aliphatic rings. The number of carbonyl (C=O) groups is 2. The number of hydrazone groups is 1. The van der Waals surface area contributed by atoms with E-state index in [1.807, 2.05) is 22.9 Å². The molecule has 0 saturated heterocycles. The summed E-state index contributed by atoms with van der Waals surface area (Å²) in [5.74, 6) is -0.723. The maximum Gasteiger partial charge on any atom is 0.337 e. The largest absolute Gasteiger partial charge is 0.465 e. The Morgan fingerprint density at radius 1 is 1.12 bits per heavy atom. The van der Waals surface area contributed by atoms with Crippen LogP contribution in [0.1, 0.15) is 26.4 Å². The first-order valence-corrected chi connectivity index (χ1v) is 7.78. The quantitative estimate of drug-likeness (QED) is 0.436. The van der Waals surface area contributed by atoms with Crippen LogP contribution < -0.4 is 5.43 Å². The third-order valence-electron chi connectivity index (χ3n) is 3.63. The van der Waals surface area contributed by atoms with Crippen LogP contribution in [0.2, 0.25) is 0 Å². The van der Waals surface area contributed by atoms with Crippen LogP contribution in [-0.2, 0) is 4.74 Å². The van der Waals surface area contributed by atoms with Gasteiger partial charge in [0.25, 0.3) is 5.91 Å². The second kappa shape index (κ2) is 7.89. The Labute approximate surface area is 149 Å². The molecule has 7 nitrogen and oxygen atoms in total. The third-order valence-corrected chi connectivity index (χ3v) is 3.63. The van der Waals surface area contributed by atoms with Gasteiger partial charge in [-0.3, -0.25) is 9.78 Å². The van der Waals surface area contributed by atoms with Crippen molar-refractivity contribution in [3.63, 3.8) is 0 Å². The van der Waals surface area contributed by atoms with E-state index < -0.39 is 0 Å². The monoisotopic (exact) mass is 348 g/mol. The lowest BCUT2D eigenvalue weighted by Crippen LogP contribution is -2.17. The Bertz CT molecular complexity index is 931. The van der Waals surface area contributed by atoms with E-state index in [0.717, 1.165) is 11.4 Å². The fourth-order valence-electron chi connectivity index (χ4n) is 2.33. The van der Waals surface area contributed by atoms with Crippen LogP contribution in [0.5, 0.6) is 0 Å². The van der Waals surface area contributed by atoms with Crippen molar-refractivity contribution in [2.45, 2.75) is 0 Å². The van der Waals surface area contributed by atoms with Gasteiger partial charge >= 0.3 is 5.97 Å². The average molecular weight is 348 g/mol. The molecule has 0 unspecified atom stereocenters. The van der Waals surface area contributed by atoms with Gasteiger partial charge in [-0.2, -0.15) is 5.10 Å². The Morgan fingerprint density at radius 2 is 1.92 bits per heavy atom. The molecule has 2 aromatic heterocycles. The maximum atomic E-state index is 11.9. The maximum absolute atomic E-state index is 11.9. The van der Waals surface area contributed by atoms with Gasteiger partial charge in [-0.05, 0) is 48.5 Å². The number of aromatic nitrogens is 2. The molecule has 0 bridgehead atoms. The molecule has 2 heterocycles. The molecule has 7 heteroatoms. The summed E-state index contributed by atoms with van der Waals surface area (Å²) < 4.78 is 6.57. The fourth-order valence-corrected chi connectivity index (χ4v) is 2.33. The standard InChI is InChI=1S/C19H16N4O3/c1-26-19(25)14-6-8-16(9-7-14)23-11-3-5-17(23)13-21-22-18(24)15-4-2-10-20-12-15/h2-13H,1H3,(H,22,24)/b21-13+. The van der Waals surface area contributed by atoms with Gasteiger partial charge in [0.15, 0.2) is 0 Å². The van der Waals surface area contributed by atoms with Crippen molar-refractivity contribution in [3.8, 4) is 5.69 Å². The van der Waals surface area contributed by atoms with Crippen molar-refractivity contribution < 1.29 is 14.3 Å². The Morgan fingerprint density at radius 3 is 2.62 bits per heavy atom. The van der Waals surface area contributed by atoms with Gasteiger partial charge in [0.05, 0.1) is 30.1 Å². The average Bonchev–Trinajstić information content (AvgIpc) is 3.16. The summed E-state index contributed by atoms with van der Waals surface area (Å²) in [7, 11) is 1.34. The number of nitrogens with zero attached hydrogens (tertiary/aromatic N) is 3. The molecule has 130 valence electrons. The lowest BCUT2D eigenvalue weighted by molar-refractivity contribution is 0.0600. The highest BCUT2D eigenvalue weighted by atomic mass is 16.5. The molecule has 1 N–H and O–H groups in total. The first-order valence-electron chi connectivity index (χ1n) is 7.78. The molecule has 0 fully saturated rings. The first kappa shape index (κ1) is 17.1. The SMILES string of the molecule is COC(=O)c1ccc(-n2cccc2/C=N/NC(=O)c2cccnc2)cc1. The minimum atomic E-state index is -0.385. The number of amides is 1. The molecular weight excluding hydrogens is 332 g/mol. The minimum Gasteiger partial charge on any atom is -0.465 e. The fraction of sp³-hybridized carbons (Fsp3) is 0.0526. The summed E-state index contributed by atoms with van der Waals surface area (Å²) in [6, 6.07) is 14.0. The van der Waals surface area contributed by atoms with Crippen LogP contribution in [0.15, 0.2) is 72.2 Å². The molecule has 0 atom stereocenters. The van der Waals surface area contributed by atoms with Crippen molar-refractivity contribution in [1.29, 1.82) is 0 Å². The number of nitrogens with one attached hydrogen (secondary N) is 1. The first-order chi connectivity index (χ1) is 12.7.